The fourth-order valence-electron chi connectivity index (χ4n) is 1.56. The molecular weight excluding hydrogens is 220 g/mol. The van der Waals surface area contributed by atoms with Crippen LogP contribution in [0.1, 0.15) is 5.56 Å². The number of nitrogens with one attached hydrogen (secondary N) is 1. The lowest BCUT2D eigenvalue weighted by Crippen LogP contribution is -2.00. The van der Waals surface area contributed by atoms with Crippen LogP contribution < -0.4 is 5.32 Å². The van der Waals surface area contributed by atoms with Crippen LogP contribution in [0.5, 0.6) is 0 Å². The van der Waals surface area contributed by atoms with Gasteiger partial charge in [-0.15, -0.1) is 0 Å². The summed E-state index contributed by atoms with van der Waals surface area (Å²) in [6, 6.07) is 7.61. The van der Waals surface area contributed by atoms with Crippen LogP contribution in [-0.4, -0.2) is 14.5 Å². The van der Waals surface area contributed by atoms with E-state index in [4.69, 9.17) is 0 Å². The minimum Gasteiger partial charge on any atom is -0.358 e. The van der Waals surface area contributed by atoms with Crippen LogP contribution in [0.4, 0.5) is 17.3 Å². The Morgan fingerprint density at radius 2 is 2.24 bits per heavy atom. The van der Waals surface area contributed by atoms with Gasteiger partial charge in [0.25, 0.3) is 0 Å². The number of rotatable bonds is 3. The number of hydrogen-bond acceptors (Lipinski definition) is 4. The first-order valence-corrected chi connectivity index (χ1v) is 5.07. The third-order valence-electron chi connectivity index (χ3n) is 2.37. The van der Waals surface area contributed by atoms with E-state index in [1.807, 2.05) is 31.2 Å². The molecule has 6 nitrogen and oxygen atoms in total. The van der Waals surface area contributed by atoms with E-state index in [-0.39, 0.29) is 5.82 Å². The quantitative estimate of drug-likeness (QED) is 0.651. The highest BCUT2D eigenvalue weighted by Crippen LogP contribution is 2.25. The van der Waals surface area contributed by atoms with E-state index in [2.05, 4.69) is 10.3 Å². The molecule has 0 fully saturated rings. The molecule has 0 saturated carbocycles. The van der Waals surface area contributed by atoms with Crippen LogP contribution >= 0.6 is 0 Å². The molecule has 6 heteroatoms. The van der Waals surface area contributed by atoms with Gasteiger partial charge in [0.1, 0.15) is 0 Å². The maximum Gasteiger partial charge on any atom is 0.406 e. The van der Waals surface area contributed by atoms with Crippen LogP contribution in [-0.2, 0) is 7.05 Å². The first-order chi connectivity index (χ1) is 8.08. The number of nitrogens with zero attached hydrogens (tertiary/aromatic N) is 3. The average Bonchev–Trinajstić information content (AvgIpc) is 2.61. The first-order valence-electron chi connectivity index (χ1n) is 5.07. The molecule has 2 aromatic rings. The maximum absolute atomic E-state index is 10.8. The summed E-state index contributed by atoms with van der Waals surface area (Å²) in [6.45, 7) is 1.96. The predicted molar refractivity (Wildman–Crippen MR) is 64.3 cm³/mol. The lowest BCUT2D eigenvalue weighted by molar-refractivity contribution is -0.388. The zero-order valence-electron chi connectivity index (χ0n) is 9.54. The number of benzene rings is 1. The molecule has 0 aliphatic heterocycles. The highest BCUT2D eigenvalue weighted by Gasteiger charge is 2.19. The highest BCUT2D eigenvalue weighted by molar-refractivity contribution is 5.64. The SMILES string of the molecule is Cc1cccc(Nc2c([N+](=O)[O-])ncn2C)c1. The van der Waals surface area contributed by atoms with Crippen molar-refractivity contribution in [2.75, 3.05) is 5.32 Å². The van der Waals surface area contributed by atoms with Crippen LogP contribution in [0.15, 0.2) is 30.6 Å². The van der Waals surface area contributed by atoms with Crippen LogP contribution in [0.25, 0.3) is 0 Å². The highest BCUT2D eigenvalue weighted by atomic mass is 16.6. The molecule has 0 atom stereocenters. The minimum absolute atomic E-state index is 0.172. The van der Waals surface area contributed by atoms with Crippen molar-refractivity contribution in [2.24, 2.45) is 7.05 Å². The molecule has 0 spiro atoms. The predicted octanol–water partition coefficient (Wildman–Crippen LogP) is 2.38. The Kier molecular flexibility index (Phi) is 2.78. The van der Waals surface area contributed by atoms with Crippen molar-refractivity contribution in [3.8, 4) is 0 Å². The molecule has 0 saturated heterocycles. The van der Waals surface area contributed by atoms with Crippen molar-refractivity contribution in [2.45, 2.75) is 6.92 Å². The first kappa shape index (κ1) is 11.1. The number of aromatic nitrogens is 2. The number of aryl methyl sites for hydroxylation is 2. The Morgan fingerprint density at radius 1 is 1.47 bits per heavy atom. The van der Waals surface area contributed by atoms with Crippen molar-refractivity contribution in [1.29, 1.82) is 0 Å². The molecule has 88 valence electrons. The summed E-state index contributed by atoms with van der Waals surface area (Å²) in [5.74, 6) is 0.203. The standard InChI is InChI=1S/C11H12N4O2/c1-8-4-3-5-9(6-8)13-11-10(15(16)17)12-7-14(11)2/h3-7,13H,1-2H3. The van der Waals surface area contributed by atoms with Gasteiger partial charge in [0.15, 0.2) is 0 Å². The van der Waals surface area contributed by atoms with E-state index in [9.17, 15) is 10.1 Å². The van der Waals surface area contributed by atoms with Crippen molar-refractivity contribution in [3.05, 3.63) is 46.3 Å². The van der Waals surface area contributed by atoms with Gasteiger partial charge in [0.05, 0.1) is 0 Å². The Morgan fingerprint density at radius 3 is 2.88 bits per heavy atom. The molecule has 1 heterocycles. The topological polar surface area (TPSA) is 73.0 Å². The molecule has 0 unspecified atom stereocenters. The largest absolute Gasteiger partial charge is 0.406 e. The second kappa shape index (κ2) is 4.25. The van der Waals surface area contributed by atoms with Gasteiger partial charge in [-0.2, -0.15) is 0 Å². The Hall–Kier alpha value is -2.37. The second-order valence-corrected chi connectivity index (χ2v) is 3.78. The molecule has 1 aromatic carbocycles. The molecule has 1 aromatic heterocycles. The van der Waals surface area contributed by atoms with Gasteiger partial charge in [-0.05, 0) is 34.5 Å². The molecular formula is C11H12N4O2. The van der Waals surface area contributed by atoms with Gasteiger partial charge in [0, 0.05) is 12.7 Å². The van der Waals surface area contributed by atoms with Crippen LogP contribution in [0, 0.1) is 17.0 Å². The minimum atomic E-state index is -0.502. The Labute approximate surface area is 98.1 Å². The molecule has 2 rings (SSSR count). The van der Waals surface area contributed by atoms with Crippen molar-refractivity contribution < 1.29 is 4.92 Å². The number of nitro groups is 1. The third-order valence-corrected chi connectivity index (χ3v) is 2.37. The molecule has 1 N–H and O–H groups in total. The van der Waals surface area contributed by atoms with Gasteiger partial charge >= 0.3 is 5.82 Å². The van der Waals surface area contributed by atoms with Crippen LogP contribution in [0.2, 0.25) is 0 Å². The van der Waals surface area contributed by atoms with Crippen molar-refractivity contribution in [1.82, 2.24) is 9.55 Å². The monoisotopic (exact) mass is 232 g/mol. The van der Waals surface area contributed by atoms with E-state index in [0.717, 1.165) is 11.3 Å². The lowest BCUT2D eigenvalue weighted by Gasteiger charge is -2.06. The van der Waals surface area contributed by atoms with Crippen molar-refractivity contribution in [3.63, 3.8) is 0 Å². The van der Waals surface area contributed by atoms with Gasteiger partial charge < -0.3 is 15.4 Å². The summed E-state index contributed by atoms with van der Waals surface area (Å²) < 4.78 is 1.58. The number of hydrogen-bond donors (Lipinski definition) is 1. The summed E-state index contributed by atoms with van der Waals surface area (Å²) in [6.07, 6.45) is 1.41. The fraction of sp³-hybridized carbons (Fsp3) is 0.182. The molecule has 0 radical (unpaired) electrons. The smallest absolute Gasteiger partial charge is 0.358 e. The van der Waals surface area contributed by atoms with Gasteiger partial charge in [-0.25, -0.2) is 0 Å². The van der Waals surface area contributed by atoms with E-state index < -0.39 is 4.92 Å². The zero-order chi connectivity index (χ0) is 12.4. The number of imidazole rings is 1. The summed E-state index contributed by atoms with van der Waals surface area (Å²) in [5, 5.41) is 13.8. The summed E-state index contributed by atoms with van der Waals surface area (Å²) in [7, 11) is 1.71. The van der Waals surface area contributed by atoms with E-state index in [1.54, 1.807) is 11.6 Å². The lowest BCUT2D eigenvalue weighted by atomic mass is 10.2. The average molecular weight is 232 g/mol. The maximum atomic E-state index is 10.8. The van der Waals surface area contributed by atoms with Crippen LogP contribution in [0.3, 0.4) is 0 Å². The summed E-state index contributed by atoms with van der Waals surface area (Å²) in [4.78, 5) is 14.0. The number of anilines is 2. The Balaban J connectivity index is 2.36. The van der Waals surface area contributed by atoms with Gasteiger partial charge in [0.2, 0.25) is 12.1 Å². The molecule has 0 aliphatic rings. The third kappa shape index (κ3) is 2.25. The molecule has 0 amide bonds. The molecule has 17 heavy (non-hydrogen) atoms. The normalized spacial score (nSPS) is 10.2. The van der Waals surface area contributed by atoms with Gasteiger partial charge in [-0.1, -0.05) is 12.1 Å². The summed E-state index contributed by atoms with van der Waals surface area (Å²) in [5.41, 5.74) is 1.89. The van der Waals surface area contributed by atoms with Gasteiger partial charge in [-0.3, -0.25) is 4.57 Å². The van der Waals surface area contributed by atoms with Crippen molar-refractivity contribution >= 4 is 17.3 Å². The molecule has 0 bridgehead atoms. The summed E-state index contributed by atoms with van der Waals surface area (Å²) >= 11 is 0. The Bertz CT molecular complexity index is 562. The van der Waals surface area contributed by atoms with E-state index >= 15 is 0 Å². The van der Waals surface area contributed by atoms with E-state index in [1.165, 1.54) is 6.33 Å². The van der Waals surface area contributed by atoms with E-state index in [0.29, 0.717) is 5.82 Å². The fourth-order valence-corrected chi connectivity index (χ4v) is 1.56. The molecule has 0 aliphatic carbocycles. The zero-order valence-corrected chi connectivity index (χ0v) is 9.54. The second-order valence-electron chi connectivity index (χ2n) is 3.78.